The van der Waals surface area contributed by atoms with Gasteiger partial charge in [0.2, 0.25) is 0 Å². The molecule has 4 fully saturated rings. The van der Waals surface area contributed by atoms with Crippen molar-refractivity contribution in [2.45, 2.75) is 43.4 Å². The van der Waals surface area contributed by atoms with Crippen molar-refractivity contribution < 1.29 is 4.74 Å². The quantitative estimate of drug-likeness (QED) is 0.903. The van der Waals surface area contributed by atoms with Crippen LogP contribution in [0, 0.1) is 5.92 Å². The molecule has 0 spiro atoms. The second kappa shape index (κ2) is 5.55. The van der Waals surface area contributed by atoms with Crippen molar-refractivity contribution in [2.75, 3.05) is 32.8 Å². The highest BCUT2D eigenvalue weighted by Crippen LogP contribution is 2.45. The third-order valence-corrected chi connectivity index (χ3v) is 6.56. The van der Waals surface area contributed by atoms with E-state index in [1.165, 1.54) is 43.5 Å². The van der Waals surface area contributed by atoms with Crippen molar-refractivity contribution in [3.63, 3.8) is 0 Å². The zero-order valence-electron chi connectivity index (χ0n) is 13.7. The SMILES string of the molecule is c1ccc2c(c1)CNC2C1(C2CC3CCN2CC3)COCC[N]1. The Morgan fingerprint density at radius 2 is 2.09 bits per heavy atom. The Hall–Kier alpha value is -0.940. The predicted octanol–water partition coefficient (Wildman–Crippen LogP) is 1.69. The number of hydrogen-bond donors (Lipinski definition) is 1. The van der Waals surface area contributed by atoms with E-state index in [-0.39, 0.29) is 5.54 Å². The molecule has 1 radical (unpaired) electrons. The molecule has 1 N–H and O–H groups in total. The fourth-order valence-electron chi connectivity index (χ4n) is 5.40. The van der Waals surface area contributed by atoms with Gasteiger partial charge in [-0.3, -0.25) is 4.90 Å². The summed E-state index contributed by atoms with van der Waals surface area (Å²) in [5.41, 5.74) is 2.78. The van der Waals surface area contributed by atoms with Gasteiger partial charge in [-0.15, -0.1) is 0 Å². The summed E-state index contributed by atoms with van der Waals surface area (Å²) in [5.74, 6) is 0.899. The van der Waals surface area contributed by atoms with Gasteiger partial charge in [-0.05, 0) is 49.4 Å². The van der Waals surface area contributed by atoms with Gasteiger partial charge in [0.15, 0.2) is 0 Å². The molecule has 2 bridgehead atoms. The second-order valence-electron chi connectivity index (χ2n) is 7.67. The maximum absolute atomic E-state index is 6.01. The number of nitrogens with one attached hydrogen (secondary N) is 1. The van der Waals surface area contributed by atoms with E-state index in [2.05, 4.69) is 34.5 Å². The van der Waals surface area contributed by atoms with Crippen LogP contribution in [-0.2, 0) is 11.3 Å². The Morgan fingerprint density at radius 1 is 1.22 bits per heavy atom. The molecular weight excluding hydrogens is 286 g/mol. The molecule has 0 amide bonds. The van der Waals surface area contributed by atoms with Crippen LogP contribution in [0.1, 0.15) is 36.4 Å². The third kappa shape index (κ3) is 2.19. The molecule has 1 aromatic rings. The van der Waals surface area contributed by atoms with Gasteiger partial charge in [-0.1, -0.05) is 24.3 Å². The van der Waals surface area contributed by atoms with Crippen LogP contribution in [0.4, 0.5) is 0 Å². The molecule has 0 aromatic heterocycles. The van der Waals surface area contributed by atoms with Gasteiger partial charge >= 0.3 is 0 Å². The lowest BCUT2D eigenvalue weighted by Gasteiger charge is -2.56. The highest BCUT2D eigenvalue weighted by molar-refractivity contribution is 5.38. The maximum Gasteiger partial charge on any atom is 0.0938 e. The Morgan fingerprint density at radius 3 is 2.83 bits per heavy atom. The molecule has 5 heterocycles. The predicted molar refractivity (Wildman–Crippen MR) is 89.3 cm³/mol. The molecule has 0 aliphatic carbocycles. The fourth-order valence-corrected chi connectivity index (χ4v) is 5.40. The first kappa shape index (κ1) is 14.4. The van der Waals surface area contributed by atoms with Gasteiger partial charge in [0.1, 0.15) is 0 Å². The first-order chi connectivity index (χ1) is 11.4. The van der Waals surface area contributed by atoms with Crippen LogP contribution in [0.15, 0.2) is 24.3 Å². The molecule has 123 valence electrons. The molecular formula is C19H26N3O. The molecule has 6 rings (SSSR count). The molecule has 4 saturated heterocycles. The molecule has 0 saturated carbocycles. The van der Waals surface area contributed by atoms with Crippen molar-refractivity contribution in [1.29, 1.82) is 0 Å². The second-order valence-corrected chi connectivity index (χ2v) is 7.67. The van der Waals surface area contributed by atoms with Crippen LogP contribution in [0.5, 0.6) is 0 Å². The highest BCUT2D eigenvalue weighted by atomic mass is 16.5. The van der Waals surface area contributed by atoms with E-state index in [0.717, 1.165) is 32.2 Å². The van der Waals surface area contributed by atoms with Gasteiger partial charge in [0, 0.05) is 19.1 Å². The number of rotatable bonds is 2. The number of ether oxygens (including phenoxy) is 1. The molecule has 5 aliphatic rings. The summed E-state index contributed by atoms with van der Waals surface area (Å²) in [6.07, 6.45) is 4.05. The number of hydrogen-bond acceptors (Lipinski definition) is 3. The summed E-state index contributed by atoms with van der Waals surface area (Å²) < 4.78 is 6.01. The van der Waals surface area contributed by atoms with Crippen LogP contribution in [0.2, 0.25) is 0 Å². The summed E-state index contributed by atoms with van der Waals surface area (Å²) in [6.45, 7) is 5.87. The summed E-state index contributed by atoms with van der Waals surface area (Å²) in [6, 6.07) is 9.72. The van der Waals surface area contributed by atoms with Gasteiger partial charge < -0.3 is 10.1 Å². The molecule has 5 aliphatic heterocycles. The lowest BCUT2D eigenvalue weighted by atomic mass is 9.70. The number of benzene rings is 1. The standard InChI is InChI=1S/C19H26N3O/c1-2-4-16-15(3-1)12-20-18(16)19(13-23-10-7-21-19)17-11-14-5-8-22(17)9-6-14/h1-4,14,17-18,20H,5-13H2. The normalized spacial score (nSPS) is 42.6. The Bertz CT molecular complexity index is 576. The Labute approximate surface area is 138 Å². The van der Waals surface area contributed by atoms with E-state index >= 15 is 0 Å². The van der Waals surface area contributed by atoms with E-state index < -0.39 is 0 Å². The van der Waals surface area contributed by atoms with Crippen molar-refractivity contribution in [2.24, 2.45) is 5.92 Å². The Balaban J connectivity index is 1.54. The first-order valence-corrected chi connectivity index (χ1v) is 9.18. The minimum Gasteiger partial charge on any atom is -0.378 e. The fraction of sp³-hybridized carbons (Fsp3) is 0.684. The zero-order valence-corrected chi connectivity index (χ0v) is 13.7. The highest BCUT2D eigenvalue weighted by Gasteiger charge is 2.54. The topological polar surface area (TPSA) is 38.6 Å². The van der Waals surface area contributed by atoms with Crippen LogP contribution >= 0.6 is 0 Å². The van der Waals surface area contributed by atoms with Crippen LogP contribution < -0.4 is 10.6 Å². The average Bonchev–Trinajstić information content (AvgIpc) is 3.08. The van der Waals surface area contributed by atoms with Gasteiger partial charge in [-0.25, -0.2) is 5.32 Å². The van der Waals surface area contributed by atoms with Gasteiger partial charge in [-0.2, -0.15) is 0 Å². The maximum atomic E-state index is 6.01. The monoisotopic (exact) mass is 312 g/mol. The smallest absolute Gasteiger partial charge is 0.0938 e. The zero-order chi connectivity index (χ0) is 15.3. The third-order valence-electron chi connectivity index (χ3n) is 6.56. The van der Waals surface area contributed by atoms with E-state index in [4.69, 9.17) is 10.1 Å². The van der Waals surface area contributed by atoms with Crippen molar-refractivity contribution in [3.8, 4) is 0 Å². The number of nitrogens with zero attached hydrogens (tertiary/aromatic N) is 2. The first-order valence-electron chi connectivity index (χ1n) is 9.18. The van der Waals surface area contributed by atoms with Crippen LogP contribution in [0.3, 0.4) is 0 Å². The van der Waals surface area contributed by atoms with E-state index in [1.807, 2.05) is 0 Å². The van der Waals surface area contributed by atoms with E-state index in [1.54, 1.807) is 0 Å². The number of piperidine rings is 3. The van der Waals surface area contributed by atoms with Crippen LogP contribution in [0.25, 0.3) is 0 Å². The van der Waals surface area contributed by atoms with Crippen LogP contribution in [-0.4, -0.2) is 49.3 Å². The molecule has 3 unspecified atom stereocenters. The minimum atomic E-state index is -0.107. The summed E-state index contributed by atoms with van der Waals surface area (Å²) in [5, 5.41) is 9.04. The summed E-state index contributed by atoms with van der Waals surface area (Å²) >= 11 is 0. The molecule has 3 atom stereocenters. The molecule has 23 heavy (non-hydrogen) atoms. The lowest BCUT2D eigenvalue weighted by molar-refractivity contribution is -0.0794. The summed E-state index contributed by atoms with van der Waals surface area (Å²) in [7, 11) is 0. The van der Waals surface area contributed by atoms with Gasteiger partial charge in [0.05, 0.1) is 24.8 Å². The largest absolute Gasteiger partial charge is 0.378 e. The van der Waals surface area contributed by atoms with E-state index in [0.29, 0.717) is 12.1 Å². The number of fused-ring (bicyclic) bond motifs is 4. The molecule has 4 heteroatoms. The van der Waals surface area contributed by atoms with Gasteiger partial charge in [0.25, 0.3) is 0 Å². The molecule has 4 nitrogen and oxygen atoms in total. The van der Waals surface area contributed by atoms with Crippen molar-refractivity contribution >= 4 is 0 Å². The van der Waals surface area contributed by atoms with E-state index in [9.17, 15) is 0 Å². The van der Waals surface area contributed by atoms with Crippen molar-refractivity contribution in [1.82, 2.24) is 15.5 Å². The number of morpholine rings is 1. The molecule has 1 aromatic carbocycles. The minimum absolute atomic E-state index is 0.107. The lowest BCUT2D eigenvalue weighted by Crippen LogP contribution is -2.70. The Kier molecular flexibility index (Phi) is 3.48. The van der Waals surface area contributed by atoms with Crippen molar-refractivity contribution in [3.05, 3.63) is 35.4 Å². The summed E-state index contributed by atoms with van der Waals surface area (Å²) in [4.78, 5) is 2.71. The average molecular weight is 312 g/mol.